The smallest absolute Gasteiger partial charge is 0.214 e. The quantitative estimate of drug-likeness (QED) is 0.734. The Bertz CT molecular complexity index is 304. The molecule has 0 bridgehead atoms. The molecule has 2 N–H and O–H groups in total. The molecule has 0 saturated heterocycles. The molecule has 1 unspecified atom stereocenters. The largest absolute Gasteiger partial charge is 0.394 e. The van der Waals surface area contributed by atoms with Gasteiger partial charge in [-0.15, -0.1) is 0 Å². The second-order valence-electron chi connectivity index (χ2n) is 4.00. The van der Waals surface area contributed by atoms with Crippen LogP contribution in [0.1, 0.15) is 20.3 Å². The molecule has 0 aliphatic heterocycles. The van der Waals surface area contributed by atoms with Gasteiger partial charge in [0.15, 0.2) is 0 Å². The fourth-order valence-electron chi connectivity index (χ4n) is 1.45. The normalized spacial score (nSPS) is 12.9. The Hall–Kier alpha value is -1.16. The van der Waals surface area contributed by atoms with Crippen LogP contribution in [0.15, 0.2) is 18.2 Å². The second-order valence-corrected chi connectivity index (χ2v) is 4.00. The lowest BCUT2D eigenvalue weighted by Gasteiger charge is -2.18. The van der Waals surface area contributed by atoms with Gasteiger partial charge in [0, 0.05) is 0 Å². The molecular formula is C11H17FN2O. The Kier molecular flexibility index (Phi) is 4.49. The molecule has 84 valence electrons. The molecular weight excluding hydrogens is 195 g/mol. The topological polar surface area (TPSA) is 45.1 Å². The summed E-state index contributed by atoms with van der Waals surface area (Å²) in [7, 11) is 0. The van der Waals surface area contributed by atoms with Crippen molar-refractivity contribution in [1.29, 1.82) is 0 Å². The van der Waals surface area contributed by atoms with Crippen molar-refractivity contribution in [3.63, 3.8) is 0 Å². The van der Waals surface area contributed by atoms with E-state index in [0.717, 1.165) is 6.42 Å². The summed E-state index contributed by atoms with van der Waals surface area (Å²) in [5.41, 5.74) is 0. The zero-order valence-corrected chi connectivity index (χ0v) is 9.07. The summed E-state index contributed by atoms with van der Waals surface area (Å²) in [4.78, 5) is 3.68. The summed E-state index contributed by atoms with van der Waals surface area (Å²) in [6, 6.07) is 4.50. The van der Waals surface area contributed by atoms with Crippen LogP contribution in [0.2, 0.25) is 0 Å². The van der Waals surface area contributed by atoms with E-state index in [2.05, 4.69) is 24.1 Å². The maximum absolute atomic E-state index is 12.8. The third kappa shape index (κ3) is 4.25. The van der Waals surface area contributed by atoms with E-state index in [1.54, 1.807) is 12.1 Å². The maximum atomic E-state index is 12.8. The predicted molar refractivity (Wildman–Crippen MR) is 58.1 cm³/mol. The molecule has 0 spiro atoms. The number of pyridine rings is 1. The van der Waals surface area contributed by atoms with Crippen LogP contribution in [-0.4, -0.2) is 22.7 Å². The summed E-state index contributed by atoms with van der Waals surface area (Å²) in [6.07, 6.45) is 0.828. The fraction of sp³-hybridized carbons (Fsp3) is 0.545. The van der Waals surface area contributed by atoms with Crippen LogP contribution in [-0.2, 0) is 0 Å². The Morgan fingerprint density at radius 1 is 1.47 bits per heavy atom. The highest BCUT2D eigenvalue weighted by Crippen LogP contribution is 2.11. The minimum Gasteiger partial charge on any atom is -0.394 e. The standard InChI is InChI=1S/C11H17FN2O/c1-8(2)6-9(7-15)13-11-5-3-4-10(12)14-11/h3-5,8-9,15H,6-7H2,1-2H3,(H,13,14). The van der Waals surface area contributed by atoms with Crippen molar-refractivity contribution in [3.8, 4) is 0 Å². The second kappa shape index (κ2) is 5.66. The highest BCUT2D eigenvalue weighted by atomic mass is 19.1. The van der Waals surface area contributed by atoms with E-state index in [9.17, 15) is 4.39 Å². The number of nitrogens with zero attached hydrogens (tertiary/aromatic N) is 1. The molecule has 0 aromatic carbocycles. The minimum atomic E-state index is -0.513. The lowest BCUT2D eigenvalue weighted by Crippen LogP contribution is -2.26. The number of aliphatic hydroxyl groups excluding tert-OH is 1. The van der Waals surface area contributed by atoms with Gasteiger partial charge in [0.25, 0.3) is 0 Å². The molecule has 1 atom stereocenters. The zero-order valence-electron chi connectivity index (χ0n) is 9.07. The molecule has 0 aliphatic carbocycles. The molecule has 0 amide bonds. The van der Waals surface area contributed by atoms with Crippen LogP contribution in [0.5, 0.6) is 0 Å². The summed E-state index contributed by atoms with van der Waals surface area (Å²) in [5.74, 6) is 0.430. The van der Waals surface area contributed by atoms with Gasteiger partial charge in [0.1, 0.15) is 5.82 Å². The monoisotopic (exact) mass is 212 g/mol. The summed E-state index contributed by atoms with van der Waals surface area (Å²) >= 11 is 0. The number of aliphatic hydroxyl groups is 1. The molecule has 15 heavy (non-hydrogen) atoms. The van der Waals surface area contributed by atoms with E-state index in [1.807, 2.05) is 0 Å². The molecule has 3 nitrogen and oxygen atoms in total. The van der Waals surface area contributed by atoms with Crippen molar-refractivity contribution >= 4 is 5.82 Å². The number of halogens is 1. The summed E-state index contributed by atoms with van der Waals surface area (Å²) in [6.45, 7) is 4.17. The Balaban J connectivity index is 2.58. The van der Waals surface area contributed by atoms with Crippen LogP contribution in [0, 0.1) is 11.9 Å². The van der Waals surface area contributed by atoms with E-state index < -0.39 is 5.95 Å². The first-order valence-electron chi connectivity index (χ1n) is 5.11. The van der Waals surface area contributed by atoms with Crippen molar-refractivity contribution in [3.05, 3.63) is 24.1 Å². The number of hydrogen-bond donors (Lipinski definition) is 2. The van der Waals surface area contributed by atoms with Gasteiger partial charge in [-0.1, -0.05) is 19.9 Å². The van der Waals surface area contributed by atoms with Gasteiger partial charge in [-0.05, 0) is 24.5 Å². The first kappa shape index (κ1) is 11.9. The predicted octanol–water partition coefficient (Wildman–Crippen LogP) is 2.04. The Labute approximate surface area is 89.4 Å². The van der Waals surface area contributed by atoms with Crippen molar-refractivity contribution in [2.75, 3.05) is 11.9 Å². The molecule has 0 fully saturated rings. The SMILES string of the molecule is CC(C)CC(CO)Nc1cccc(F)n1. The molecule has 1 aromatic heterocycles. The van der Waals surface area contributed by atoms with E-state index in [0.29, 0.717) is 11.7 Å². The van der Waals surface area contributed by atoms with Gasteiger partial charge in [-0.25, -0.2) is 4.98 Å². The van der Waals surface area contributed by atoms with Crippen LogP contribution in [0.4, 0.5) is 10.2 Å². The average Bonchev–Trinajstić information content (AvgIpc) is 2.16. The maximum Gasteiger partial charge on any atom is 0.214 e. The van der Waals surface area contributed by atoms with Gasteiger partial charge in [-0.2, -0.15) is 4.39 Å². The van der Waals surface area contributed by atoms with Crippen molar-refractivity contribution in [2.45, 2.75) is 26.3 Å². The van der Waals surface area contributed by atoms with Crippen molar-refractivity contribution in [1.82, 2.24) is 4.98 Å². The number of aromatic nitrogens is 1. The number of hydrogen-bond acceptors (Lipinski definition) is 3. The lowest BCUT2D eigenvalue weighted by molar-refractivity contribution is 0.259. The highest BCUT2D eigenvalue weighted by Gasteiger charge is 2.10. The molecule has 4 heteroatoms. The molecule has 0 radical (unpaired) electrons. The third-order valence-corrected chi connectivity index (χ3v) is 2.04. The highest BCUT2D eigenvalue weighted by molar-refractivity contribution is 5.34. The Morgan fingerprint density at radius 3 is 2.73 bits per heavy atom. The first-order chi connectivity index (χ1) is 7.11. The Morgan fingerprint density at radius 2 is 2.20 bits per heavy atom. The van der Waals surface area contributed by atoms with Crippen LogP contribution < -0.4 is 5.32 Å². The molecule has 0 aliphatic rings. The molecule has 0 saturated carbocycles. The van der Waals surface area contributed by atoms with Crippen LogP contribution >= 0.6 is 0 Å². The average molecular weight is 212 g/mol. The minimum absolute atomic E-state index is 0.0242. The number of anilines is 1. The number of rotatable bonds is 5. The third-order valence-electron chi connectivity index (χ3n) is 2.04. The van der Waals surface area contributed by atoms with E-state index in [4.69, 9.17) is 5.11 Å². The van der Waals surface area contributed by atoms with Gasteiger partial charge in [-0.3, -0.25) is 0 Å². The van der Waals surface area contributed by atoms with E-state index in [1.165, 1.54) is 6.07 Å². The van der Waals surface area contributed by atoms with E-state index in [-0.39, 0.29) is 12.6 Å². The van der Waals surface area contributed by atoms with Crippen molar-refractivity contribution < 1.29 is 9.50 Å². The summed E-state index contributed by atoms with van der Waals surface area (Å²) in [5, 5.41) is 12.1. The first-order valence-corrected chi connectivity index (χ1v) is 5.11. The van der Waals surface area contributed by atoms with Gasteiger partial charge in [0.2, 0.25) is 5.95 Å². The fourth-order valence-corrected chi connectivity index (χ4v) is 1.45. The van der Waals surface area contributed by atoms with Gasteiger partial charge < -0.3 is 10.4 Å². The molecule has 1 rings (SSSR count). The van der Waals surface area contributed by atoms with Gasteiger partial charge >= 0.3 is 0 Å². The van der Waals surface area contributed by atoms with Crippen LogP contribution in [0.3, 0.4) is 0 Å². The summed E-state index contributed by atoms with van der Waals surface area (Å²) < 4.78 is 12.8. The van der Waals surface area contributed by atoms with Crippen LogP contribution in [0.25, 0.3) is 0 Å². The molecule has 1 aromatic rings. The zero-order chi connectivity index (χ0) is 11.3. The van der Waals surface area contributed by atoms with Gasteiger partial charge in [0.05, 0.1) is 12.6 Å². The lowest BCUT2D eigenvalue weighted by atomic mass is 10.0. The number of nitrogens with one attached hydrogen (secondary N) is 1. The van der Waals surface area contributed by atoms with Crippen molar-refractivity contribution in [2.24, 2.45) is 5.92 Å². The van der Waals surface area contributed by atoms with E-state index >= 15 is 0 Å². The molecule has 1 heterocycles.